The van der Waals surface area contributed by atoms with Gasteiger partial charge in [-0.3, -0.25) is 15.1 Å². The molecule has 1 amide bonds. The summed E-state index contributed by atoms with van der Waals surface area (Å²) in [6, 6.07) is 6.17. The summed E-state index contributed by atoms with van der Waals surface area (Å²) in [7, 11) is 0. The van der Waals surface area contributed by atoms with Crippen molar-refractivity contribution in [3.8, 4) is 16.9 Å². The van der Waals surface area contributed by atoms with Crippen LogP contribution in [-0.2, 0) is 15.1 Å². The lowest BCUT2D eigenvalue weighted by atomic mass is 9.84. The normalized spacial score (nSPS) is 23.7. The summed E-state index contributed by atoms with van der Waals surface area (Å²) in [5, 5.41) is 19.9. The molecule has 0 unspecified atom stereocenters. The summed E-state index contributed by atoms with van der Waals surface area (Å²) in [6.45, 7) is 4.27. The second-order valence-corrected chi connectivity index (χ2v) is 9.92. The summed E-state index contributed by atoms with van der Waals surface area (Å²) >= 11 is 6.79. The smallest absolute Gasteiger partial charge is 0.232 e. The number of nitrogens with zero attached hydrogens (tertiary/aromatic N) is 4. The predicted molar refractivity (Wildman–Crippen MR) is 137 cm³/mol. The van der Waals surface area contributed by atoms with Gasteiger partial charge >= 0.3 is 0 Å². The highest BCUT2D eigenvalue weighted by Gasteiger charge is 2.44. The van der Waals surface area contributed by atoms with Crippen LogP contribution in [0.1, 0.15) is 38.7 Å². The Morgan fingerprint density at radius 1 is 1.21 bits per heavy atom. The molecule has 3 aromatic rings. The Kier molecular flexibility index (Phi) is 7.74. The molecule has 2 fully saturated rings. The third-order valence-electron chi connectivity index (χ3n) is 6.83. The minimum absolute atomic E-state index is 0. The van der Waals surface area contributed by atoms with E-state index in [4.69, 9.17) is 21.7 Å². The predicted octanol–water partition coefficient (Wildman–Crippen LogP) is 4.97. The molecule has 3 heterocycles. The second-order valence-electron chi connectivity index (χ2n) is 9.54. The number of hydrogen-bond donors (Lipinski definition) is 2. The van der Waals surface area contributed by atoms with Crippen molar-refractivity contribution in [1.29, 1.82) is 5.41 Å². The van der Waals surface area contributed by atoms with Crippen molar-refractivity contribution in [3.05, 3.63) is 64.6 Å². The summed E-state index contributed by atoms with van der Waals surface area (Å²) in [5.41, 5.74) is -0.0204. The molecule has 8 nitrogen and oxygen atoms in total. The highest BCUT2D eigenvalue weighted by molar-refractivity contribution is 6.34. The highest BCUT2D eigenvalue weighted by Crippen LogP contribution is 2.39. The number of carbonyl (C=O) groups is 1. The van der Waals surface area contributed by atoms with Crippen molar-refractivity contribution in [2.24, 2.45) is 0 Å². The summed E-state index contributed by atoms with van der Waals surface area (Å²) in [4.78, 5) is 14.8. The first-order chi connectivity index (χ1) is 17.6. The van der Waals surface area contributed by atoms with Crippen molar-refractivity contribution >= 4 is 35.9 Å². The Morgan fingerprint density at radius 3 is 2.66 bits per heavy atom. The molecule has 5 rings (SSSR count). The zero-order valence-electron chi connectivity index (χ0n) is 20.5. The van der Waals surface area contributed by atoms with Crippen LogP contribution in [-0.4, -0.2) is 50.5 Å². The van der Waals surface area contributed by atoms with Gasteiger partial charge in [-0.05, 0) is 32.3 Å². The monoisotopic (exact) mass is 568 g/mol. The van der Waals surface area contributed by atoms with E-state index in [2.05, 4.69) is 15.6 Å². The van der Waals surface area contributed by atoms with E-state index in [0.717, 1.165) is 4.68 Å². The molecule has 2 N–H and O–H groups in total. The largest absolute Gasteiger partial charge is 0.378 e. The number of halogens is 5. The maximum atomic E-state index is 14.2. The van der Waals surface area contributed by atoms with Crippen LogP contribution in [0, 0.1) is 22.9 Å². The Balaban J connectivity index is 0.00000336. The van der Waals surface area contributed by atoms with E-state index in [1.807, 2.05) is 6.92 Å². The molecule has 3 atom stereocenters. The van der Waals surface area contributed by atoms with E-state index in [1.165, 1.54) is 11.1 Å². The van der Waals surface area contributed by atoms with Crippen LogP contribution in [0.5, 0.6) is 0 Å². The lowest BCUT2D eigenvalue weighted by Gasteiger charge is -2.45. The average Bonchev–Trinajstić information content (AvgIpc) is 3.30. The zero-order valence-corrected chi connectivity index (χ0v) is 22.0. The van der Waals surface area contributed by atoms with Gasteiger partial charge in [-0.2, -0.15) is 0 Å². The molecule has 2 aromatic carbocycles. The van der Waals surface area contributed by atoms with E-state index >= 15 is 0 Å². The van der Waals surface area contributed by atoms with E-state index in [1.54, 1.807) is 25.1 Å². The molecule has 0 aliphatic carbocycles. The van der Waals surface area contributed by atoms with Gasteiger partial charge in [-0.25, -0.2) is 17.9 Å². The van der Waals surface area contributed by atoms with Crippen LogP contribution in [0.3, 0.4) is 0 Å². The minimum atomic E-state index is -1.31. The van der Waals surface area contributed by atoms with E-state index in [9.17, 15) is 18.0 Å². The molecular formula is C25H25Cl2F3N6O2. The number of ether oxygens (including phenoxy) is 1. The molecule has 2 aliphatic heterocycles. The van der Waals surface area contributed by atoms with Crippen molar-refractivity contribution in [3.63, 3.8) is 0 Å². The van der Waals surface area contributed by atoms with Crippen molar-refractivity contribution in [2.75, 3.05) is 6.61 Å². The number of amides is 1. The van der Waals surface area contributed by atoms with Crippen molar-refractivity contribution in [1.82, 2.24) is 25.2 Å². The molecule has 0 saturated carbocycles. The quantitative estimate of drug-likeness (QED) is 0.433. The number of nitrogens with one attached hydrogen (secondary N) is 2. The lowest BCUT2D eigenvalue weighted by Crippen LogP contribution is -2.63. The molecule has 202 valence electrons. The highest BCUT2D eigenvalue weighted by atomic mass is 35.5. The van der Waals surface area contributed by atoms with Gasteiger partial charge < -0.3 is 10.1 Å². The van der Waals surface area contributed by atoms with Gasteiger partial charge in [0.05, 0.1) is 29.3 Å². The summed E-state index contributed by atoms with van der Waals surface area (Å²) in [5.74, 6) is -3.73. The number of hydrogen-bond acceptors (Lipinski definition) is 5. The number of benzene rings is 2. The fraction of sp³-hybridized carbons (Fsp3) is 0.360. The van der Waals surface area contributed by atoms with Gasteiger partial charge in [-0.15, -0.1) is 17.5 Å². The first-order valence-electron chi connectivity index (χ1n) is 11.7. The second kappa shape index (κ2) is 10.5. The maximum Gasteiger partial charge on any atom is 0.232 e. The van der Waals surface area contributed by atoms with Gasteiger partial charge in [0.25, 0.3) is 0 Å². The third kappa shape index (κ3) is 4.97. The van der Waals surface area contributed by atoms with E-state index in [-0.39, 0.29) is 59.2 Å². The first-order valence-corrected chi connectivity index (χ1v) is 12.1. The number of rotatable bonds is 4. The number of carbonyl (C=O) groups excluding carboxylic acids is 1. The fourth-order valence-electron chi connectivity index (χ4n) is 4.98. The molecule has 0 spiro atoms. The van der Waals surface area contributed by atoms with E-state index < -0.39 is 23.0 Å². The number of aromatic nitrogens is 3. The van der Waals surface area contributed by atoms with Gasteiger partial charge in [0.15, 0.2) is 23.4 Å². The molecule has 2 saturated heterocycles. The maximum absolute atomic E-state index is 14.2. The molecule has 2 aliphatic rings. The molecule has 38 heavy (non-hydrogen) atoms. The Hall–Kier alpha value is -3.15. The van der Waals surface area contributed by atoms with Crippen molar-refractivity contribution < 1.29 is 22.7 Å². The summed E-state index contributed by atoms with van der Waals surface area (Å²) < 4.78 is 47.8. The Morgan fingerprint density at radius 2 is 1.95 bits per heavy atom. The fourth-order valence-corrected chi connectivity index (χ4v) is 5.42. The Bertz CT molecular complexity index is 1380. The van der Waals surface area contributed by atoms with Gasteiger partial charge in [-0.1, -0.05) is 35.0 Å². The van der Waals surface area contributed by atoms with Crippen LogP contribution < -0.4 is 5.32 Å². The van der Waals surface area contributed by atoms with Gasteiger partial charge in [0, 0.05) is 30.3 Å². The summed E-state index contributed by atoms with van der Waals surface area (Å²) in [6.07, 6.45) is 2.72. The topological polar surface area (TPSA) is 96.1 Å². The van der Waals surface area contributed by atoms with Crippen LogP contribution >= 0.6 is 24.0 Å². The standard InChI is InChI=1S/C25H24ClF3N6O2.ClH/c1-13-8-14(6-7-37-13)35-22(36)11-25(2,31-24(35)30)16-5-3-4-15(23(16)26)20-12-34(33-32-20)21-10-18(28)17(27)9-19(21)29;/h3-5,9-10,12-14H,6-8,11H2,1-2H3,(H2,30,31);1H/t13-,14-,25-;/m0./s1. The SMILES string of the molecule is C[C@H]1C[C@@H](N2C(=N)N[C@](C)(c3cccc(-c4cn(-c5cc(F)c(F)cc5F)nn4)c3Cl)CC2=O)CCO1.Cl. The Labute approximate surface area is 228 Å². The van der Waals surface area contributed by atoms with Crippen LogP contribution in [0.25, 0.3) is 16.9 Å². The first kappa shape index (κ1) is 27.9. The lowest BCUT2D eigenvalue weighted by molar-refractivity contribution is -0.134. The van der Waals surface area contributed by atoms with Gasteiger partial charge in [0.2, 0.25) is 5.91 Å². The van der Waals surface area contributed by atoms with Crippen LogP contribution in [0.4, 0.5) is 13.2 Å². The van der Waals surface area contributed by atoms with E-state index in [0.29, 0.717) is 42.7 Å². The molecule has 0 bridgehead atoms. The van der Waals surface area contributed by atoms with Gasteiger partial charge in [0.1, 0.15) is 11.4 Å². The molecular weight excluding hydrogens is 544 g/mol. The molecule has 13 heteroatoms. The average molecular weight is 569 g/mol. The molecule has 1 aromatic heterocycles. The molecule has 0 radical (unpaired) electrons. The third-order valence-corrected chi connectivity index (χ3v) is 7.24. The van der Waals surface area contributed by atoms with Crippen LogP contribution in [0.15, 0.2) is 36.5 Å². The van der Waals surface area contributed by atoms with Crippen LogP contribution in [0.2, 0.25) is 5.02 Å². The van der Waals surface area contributed by atoms with Crippen molar-refractivity contribution in [2.45, 2.75) is 50.8 Å². The number of guanidine groups is 1. The minimum Gasteiger partial charge on any atom is -0.378 e. The zero-order chi connectivity index (χ0) is 26.5.